The Hall–Kier alpha value is -1.46. The Balaban J connectivity index is 2.46. The molecular weight excluding hydrogens is 277 g/mol. The number of carboxylic acid groups (broad SMARTS) is 1. The Morgan fingerprint density at radius 2 is 2.28 bits per heavy atom. The number of aromatic nitrogens is 1. The van der Waals surface area contributed by atoms with Crippen molar-refractivity contribution in [2.24, 2.45) is 0 Å². The molecule has 0 aliphatic carbocycles. The Morgan fingerprint density at radius 3 is 2.94 bits per heavy atom. The Kier molecular flexibility index (Phi) is 3.63. The second-order valence-electron chi connectivity index (χ2n) is 3.70. The molecule has 0 aliphatic heterocycles. The van der Waals surface area contributed by atoms with Gasteiger partial charge in [0.1, 0.15) is 5.01 Å². The number of halogens is 2. The van der Waals surface area contributed by atoms with Crippen LogP contribution >= 0.6 is 22.9 Å². The van der Waals surface area contributed by atoms with Crippen LogP contribution < -0.4 is 0 Å². The maximum atomic E-state index is 13.8. The van der Waals surface area contributed by atoms with Gasteiger partial charge in [0.25, 0.3) is 0 Å². The smallest absolute Gasteiger partial charge is 0.308 e. The zero-order valence-electron chi connectivity index (χ0n) is 9.41. The molecule has 6 heteroatoms. The lowest BCUT2D eigenvalue weighted by Crippen LogP contribution is -1.99. The number of aliphatic carboxylic acids is 1. The molecule has 0 aliphatic rings. The lowest BCUT2D eigenvalue weighted by Gasteiger charge is -1.99. The highest BCUT2D eigenvalue weighted by molar-refractivity contribution is 7.15. The van der Waals surface area contributed by atoms with Crippen LogP contribution in [0.2, 0.25) is 5.02 Å². The van der Waals surface area contributed by atoms with Gasteiger partial charge in [-0.3, -0.25) is 4.79 Å². The number of carboxylic acids is 1. The number of carbonyl (C=O) groups is 1. The van der Waals surface area contributed by atoms with E-state index in [2.05, 4.69) is 4.98 Å². The van der Waals surface area contributed by atoms with Gasteiger partial charge in [-0.25, -0.2) is 9.37 Å². The summed E-state index contributed by atoms with van der Waals surface area (Å²) >= 11 is 6.88. The lowest BCUT2D eigenvalue weighted by atomic mass is 10.2. The summed E-state index contributed by atoms with van der Waals surface area (Å²) in [6, 6.07) is 4.66. The van der Waals surface area contributed by atoms with Crippen molar-refractivity contribution < 1.29 is 14.3 Å². The maximum absolute atomic E-state index is 13.8. The van der Waals surface area contributed by atoms with Crippen LogP contribution in [0.4, 0.5) is 4.39 Å². The van der Waals surface area contributed by atoms with E-state index < -0.39 is 11.8 Å². The average molecular weight is 286 g/mol. The monoisotopic (exact) mass is 285 g/mol. The molecule has 0 unspecified atom stereocenters. The normalized spacial score (nSPS) is 10.6. The summed E-state index contributed by atoms with van der Waals surface area (Å²) in [5.74, 6) is -1.46. The first-order chi connectivity index (χ1) is 8.49. The molecule has 1 aromatic heterocycles. The van der Waals surface area contributed by atoms with Crippen LogP contribution in [0.5, 0.6) is 0 Å². The van der Waals surface area contributed by atoms with Gasteiger partial charge in [-0.2, -0.15) is 0 Å². The molecule has 2 rings (SSSR count). The second kappa shape index (κ2) is 5.04. The minimum absolute atomic E-state index is 0.0279. The summed E-state index contributed by atoms with van der Waals surface area (Å²) in [6.07, 6.45) is -0.105. The maximum Gasteiger partial charge on any atom is 0.308 e. The molecule has 18 heavy (non-hydrogen) atoms. The summed E-state index contributed by atoms with van der Waals surface area (Å²) in [5, 5.41) is 9.23. The fraction of sp³-hybridized carbons (Fsp3) is 0.167. The summed E-state index contributed by atoms with van der Waals surface area (Å²) < 4.78 is 13.8. The van der Waals surface area contributed by atoms with Crippen molar-refractivity contribution >= 4 is 28.9 Å². The quantitative estimate of drug-likeness (QED) is 0.938. The molecule has 2 aromatic rings. The van der Waals surface area contributed by atoms with Gasteiger partial charge >= 0.3 is 5.97 Å². The topological polar surface area (TPSA) is 50.2 Å². The molecule has 0 radical (unpaired) electrons. The van der Waals surface area contributed by atoms with Crippen molar-refractivity contribution in [2.75, 3.05) is 0 Å². The predicted octanol–water partition coefficient (Wildman–Crippen LogP) is 3.54. The Labute approximate surface area is 112 Å². The number of rotatable bonds is 3. The van der Waals surface area contributed by atoms with Crippen LogP contribution in [-0.4, -0.2) is 16.1 Å². The molecule has 0 amide bonds. The fourth-order valence-electron chi connectivity index (χ4n) is 1.51. The van der Waals surface area contributed by atoms with Gasteiger partial charge in [0, 0.05) is 10.4 Å². The average Bonchev–Trinajstić information content (AvgIpc) is 2.63. The van der Waals surface area contributed by atoms with E-state index >= 15 is 0 Å². The molecule has 0 bridgehead atoms. The van der Waals surface area contributed by atoms with E-state index in [9.17, 15) is 9.18 Å². The van der Waals surface area contributed by atoms with E-state index in [0.717, 1.165) is 0 Å². The molecular formula is C12H9ClFNO2S. The molecule has 0 saturated heterocycles. The molecule has 1 heterocycles. The van der Waals surface area contributed by atoms with E-state index in [1.165, 1.54) is 17.4 Å². The summed E-state index contributed by atoms with van der Waals surface area (Å²) in [4.78, 5) is 15.5. The van der Waals surface area contributed by atoms with Crippen LogP contribution in [0.15, 0.2) is 18.2 Å². The Morgan fingerprint density at radius 1 is 1.56 bits per heavy atom. The number of thiazole rings is 1. The van der Waals surface area contributed by atoms with Crippen LogP contribution in [0.1, 0.15) is 10.6 Å². The van der Waals surface area contributed by atoms with Crippen molar-refractivity contribution in [1.82, 2.24) is 4.98 Å². The van der Waals surface area contributed by atoms with Crippen molar-refractivity contribution in [2.45, 2.75) is 13.3 Å². The number of nitrogens with zero attached hydrogens (tertiary/aromatic N) is 1. The minimum atomic E-state index is -0.931. The molecule has 3 nitrogen and oxygen atoms in total. The molecule has 1 aromatic carbocycles. The van der Waals surface area contributed by atoms with Gasteiger partial charge in [0.15, 0.2) is 5.82 Å². The third-order valence-corrected chi connectivity index (χ3v) is 3.87. The standard InChI is InChI=1S/C12H9ClFNO2S/c1-6-9(5-10(16)17)18-12(15-6)7-3-2-4-8(13)11(7)14/h2-4H,5H2,1H3,(H,16,17). The first-order valence-electron chi connectivity index (χ1n) is 5.11. The molecule has 1 N–H and O–H groups in total. The zero-order chi connectivity index (χ0) is 13.3. The van der Waals surface area contributed by atoms with Crippen LogP contribution in [0, 0.1) is 12.7 Å². The number of aryl methyl sites for hydroxylation is 1. The minimum Gasteiger partial charge on any atom is -0.481 e. The van der Waals surface area contributed by atoms with Crippen LogP contribution in [0.25, 0.3) is 10.6 Å². The van der Waals surface area contributed by atoms with Crippen LogP contribution in [0.3, 0.4) is 0 Å². The summed E-state index contributed by atoms with van der Waals surface area (Å²) in [5.41, 5.74) is 0.906. The molecule has 0 saturated carbocycles. The summed E-state index contributed by atoms with van der Waals surface area (Å²) in [7, 11) is 0. The molecule has 0 atom stereocenters. The van der Waals surface area contributed by atoms with E-state index in [0.29, 0.717) is 21.1 Å². The first-order valence-corrected chi connectivity index (χ1v) is 6.31. The third kappa shape index (κ3) is 2.52. The van der Waals surface area contributed by atoms with Crippen molar-refractivity contribution in [3.8, 4) is 10.6 Å². The second-order valence-corrected chi connectivity index (χ2v) is 5.19. The highest BCUT2D eigenvalue weighted by atomic mass is 35.5. The van der Waals surface area contributed by atoms with Gasteiger partial charge in [-0.15, -0.1) is 11.3 Å². The lowest BCUT2D eigenvalue weighted by molar-refractivity contribution is -0.136. The number of hydrogen-bond acceptors (Lipinski definition) is 3. The van der Waals surface area contributed by atoms with Crippen LogP contribution in [-0.2, 0) is 11.2 Å². The third-order valence-electron chi connectivity index (χ3n) is 2.39. The van der Waals surface area contributed by atoms with Crippen molar-refractivity contribution in [1.29, 1.82) is 0 Å². The van der Waals surface area contributed by atoms with Gasteiger partial charge in [0.05, 0.1) is 17.1 Å². The highest BCUT2D eigenvalue weighted by Gasteiger charge is 2.16. The van der Waals surface area contributed by atoms with E-state index in [1.807, 2.05) is 0 Å². The van der Waals surface area contributed by atoms with Gasteiger partial charge < -0.3 is 5.11 Å². The largest absolute Gasteiger partial charge is 0.481 e. The van der Waals surface area contributed by atoms with E-state index in [4.69, 9.17) is 16.7 Å². The number of hydrogen-bond donors (Lipinski definition) is 1. The van der Waals surface area contributed by atoms with Gasteiger partial charge in [-0.1, -0.05) is 17.7 Å². The van der Waals surface area contributed by atoms with Gasteiger partial charge in [-0.05, 0) is 19.1 Å². The SMILES string of the molecule is Cc1nc(-c2cccc(Cl)c2F)sc1CC(=O)O. The van der Waals surface area contributed by atoms with E-state index in [1.54, 1.807) is 19.1 Å². The Bertz CT molecular complexity index is 612. The predicted molar refractivity (Wildman–Crippen MR) is 68.6 cm³/mol. The first kappa shape index (κ1) is 13.0. The highest BCUT2D eigenvalue weighted by Crippen LogP contribution is 2.32. The molecule has 94 valence electrons. The molecule has 0 spiro atoms. The number of benzene rings is 1. The molecule has 0 fully saturated rings. The summed E-state index contributed by atoms with van der Waals surface area (Å²) in [6.45, 7) is 1.71. The van der Waals surface area contributed by atoms with Crippen molar-refractivity contribution in [3.63, 3.8) is 0 Å². The van der Waals surface area contributed by atoms with Gasteiger partial charge in [0.2, 0.25) is 0 Å². The fourth-order valence-corrected chi connectivity index (χ4v) is 2.76. The zero-order valence-corrected chi connectivity index (χ0v) is 11.0. The van der Waals surface area contributed by atoms with Crippen molar-refractivity contribution in [3.05, 3.63) is 39.6 Å². The van der Waals surface area contributed by atoms with E-state index in [-0.39, 0.29) is 11.4 Å².